The maximum atomic E-state index is 4.59. The summed E-state index contributed by atoms with van der Waals surface area (Å²) in [4.78, 5) is 9.18. The number of allylic oxidation sites excluding steroid dienone is 12. The first-order chi connectivity index (χ1) is 19.5. The second-order valence-electron chi connectivity index (χ2n) is 10.6. The van der Waals surface area contributed by atoms with E-state index in [9.17, 15) is 0 Å². The van der Waals surface area contributed by atoms with Crippen LogP contribution in [0.2, 0.25) is 0 Å². The zero-order valence-electron chi connectivity index (χ0n) is 24.3. The summed E-state index contributed by atoms with van der Waals surface area (Å²) in [5.41, 5.74) is 12.9. The largest absolute Gasteiger partial charge is 2.00 e. The zero-order chi connectivity index (χ0) is 27.4. The van der Waals surface area contributed by atoms with Crippen LogP contribution in [-0.4, -0.2) is 20.6 Å². The number of rotatable bonds is 2. The average molecular weight is 713 g/mol. The number of aromatic nitrogens is 2. The van der Waals surface area contributed by atoms with Crippen LogP contribution in [0.1, 0.15) is 38.8 Å². The fourth-order valence-corrected chi connectivity index (χ4v) is 8.10. The van der Waals surface area contributed by atoms with Gasteiger partial charge in [-0.25, -0.2) is 0 Å². The van der Waals surface area contributed by atoms with Crippen molar-refractivity contribution < 1.29 is 51.0 Å². The predicted octanol–water partition coefficient (Wildman–Crippen LogP) is 3.97. The molecule has 8 rings (SSSR count). The summed E-state index contributed by atoms with van der Waals surface area (Å²) >= 11 is 0. The van der Waals surface area contributed by atoms with Gasteiger partial charge in [0.25, 0.3) is 0 Å². The van der Waals surface area contributed by atoms with Crippen LogP contribution in [0, 0.1) is 0 Å². The van der Waals surface area contributed by atoms with E-state index in [0.717, 1.165) is 11.0 Å². The van der Waals surface area contributed by atoms with Gasteiger partial charge in [0.1, 0.15) is 0 Å². The number of nitrogens with zero attached hydrogens (tertiary/aromatic N) is 2. The molecule has 0 amide bonds. The number of hydrogen-bond acceptors (Lipinski definition) is 2. The van der Waals surface area contributed by atoms with Crippen LogP contribution in [0.15, 0.2) is 130 Å². The Labute approximate surface area is 288 Å². The van der Waals surface area contributed by atoms with Crippen molar-refractivity contribution in [3.63, 3.8) is 0 Å². The number of fused-ring (bicyclic) bond motifs is 4. The van der Waals surface area contributed by atoms with Crippen molar-refractivity contribution in [2.45, 2.75) is 27.7 Å². The van der Waals surface area contributed by atoms with Crippen LogP contribution in [-0.2, 0) is 26.2 Å². The van der Waals surface area contributed by atoms with E-state index < -0.39 is 0 Å². The Morgan fingerprint density at radius 2 is 0.884 bits per heavy atom. The van der Waals surface area contributed by atoms with Crippen molar-refractivity contribution in [2.75, 3.05) is 0 Å². The second-order valence-corrected chi connectivity index (χ2v) is 13.3. The number of benzene rings is 2. The first kappa shape index (κ1) is 33.4. The van der Waals surface area contributed by atoms with Crippen molar-refractivity contribution in [3.05, 3.63) is 141 Å². The average Bonchev–Trinajstić information content (AvgIpc) is 3.70. The molecule has 2 aliphatic heterocycles. The molecule has 210 valence electrons. The van der Waals surface area contributed by atoms with Crippen LogP contribution >= 0.6 is 16.4 Å². The third-order valence-corrected chi connectivity index (χ3v) is 10.3. The van der Waals surface area contributed by atoms with Gasteiger partial charge < -0.3 is 24.8 Å². The van der Waals surface area contributed by atoms with Gasteiger partial charge in [-0.2, -0.15) is 0 Å². The van der Waals surface area contributed by atoms with Crippen LogP contribution in [0.3, 0.4) is 0 Å². The molecule has 2 aromatic heterocycles. The maximum absolute atomic E-state index is 4.59. The predicted molar refractivity (Wildman–Crippen MR) is 176 cm³/mol. The van der Waals surface area contributed by atoms with Crippen LogP contribution < -0.4 is 24.8 Å². The Hall–Kier alpha value is -2.50. The third-order valence-electron chi connectivity index (χ3n) is 7.69. The van der Waals surface area contributed by atoms with E-state index in [2.05, 4.69) is 110 Å². The minimum atomic E-state index is 0. The molecule has 0 N–H and O–H groups in total. The molecule has 0 saturated heterocycles. The summed E-state index contributed by atoms with van der Waals surface area (Å²) in [5.74, 6) is 0. The topological polar surface area (TPSA) is 25.8 Å². The Morgan fingerprint density at radius 3 is 1.30 bits per heavy atom. The molecule has 0 bridgehead atoms. The minimum Gasteiger partial charge on any atom is -1.00 e. The Morgan fingerprint density at radius 1 is 0.488 bits per heavy atom. The summed E-state index contributed by atoms with van der Waals surface area (Å²) in [6, 6.07) is 21.1. The first-order valence-electron chi connectivity index (χ1n) is 13.6. The molecule has 4 aliphatic rings. The monoisotopic (exact) mass is 710 g/mol. The smallest absolute Gasteiger partial charge is 1.00 e. The van der Waals surface area contributed by atoms with Crippen molar-refractivity contribution in [1.82, 2.24) is 9.97 Å². The fraction of sp³-hybridized carbons (Fsp3) is 0.111. The van der Waals surface area contributed by atoms with Crippen molar-refractivity contribution in [1.29, 1.82) is 0 Å². The minimum absolute atomic E-state index is 0. The molecule has 0 atom stereocenters. The first-order valence-corrected chi connectivity index (χ1v) is 15.4. The Bertz CT molecular complexity index is 1890. The molecule has 4 heterocycles. The molecule has 7 heteroatoms. The van der Waals surface area contributed by atoms with E-state index in [0.29, 0.717) is 0 Å². The van der Waals surface area contributed by atoms with Gasteiger partial charge in [-0.1, -0.05) is 64.9 Å². The van der Waals surface area contributed by atoms with E-state index >= 15 is 0 Å². The second kappa shape index (κ2) is 13.6. The van der Waals surface area contributed by atoms with E-state index in [1.54, 1.807) is 0 Å². The molecule has 2 aromatic carbocycles. The van der Waals surface area contributed by atoms with Crippen LogP contribution in [0.4, 0.5) is 0 Å². The van der Waals surface area contributed by atoms with Gasteiger partial charge in [-0.05, 0) is 108 Å². The fourth-order valence-electron chi connectivity index (χ4n) is 5.92. The molecule has 0 spiro atoms. The summed E-state index contributed by atoms with van der Waals surface area (Å²) in [6.45, 7) is 8.82. The molecule has 0 unspecified atom stereocenters. The number of hydrogen-bond donors (Lipinski definition) is 0. The number of para-hydroxylation sites is 2. The maximum Gasteiger partial charge on any atom is 2.00 e. The summed E-state index contributed by atoms with van der Waals surface area (Å²) < 4.78 is 0. The van der Waals surface area contributed by atoms with Gasteiger partial charge in [0.2, 0.25) is 0 Å². The van der Waals surface area contributed by atoms with Gasteiger partial charge >= 0.3 is 26.2 Å². The summed E-state index contributed by atoms with van der Waals surface area (Å²) in [6.07, 6.45) is 13.0. The van der Waals surface area contributed by atoms with Gasteiger partial charge in [0.05, 0.1) is 11.0 Å². The molecular weight excluding hydrogens is 684 g/mol. The SMILES string of the molecule is CC1=PC2=C(C)C=C(c3cccc4cccnc34)C2=C1.CC1=PC2=C(C)C=C(c3cccc4cccnc34)C2=C1.[Cl-].[Cl-].[Zr+2]. The third kappa shape index (κ3) is 6.09. The van der Waals surface area contributed by atoms with E-state index in [1.165, 1.54) is 93.0 Å². The van der Waals surface area contributed by atoms with Crippen molar-refractivity contribution >= 4 is 59.9 Å². The summed E-state index contributed by atoms with van der Waals surface area (Å²) in [5, 5.41) is 8.18. The molecule has 0 radical (unpaired) electrons. The van der Waals surface area contributed by atoms with Crippen LogP contribution in [0.5, 0.6) is 0 Å². The van der Waals surface area contributed by atoms with Crippen molar-refractivity contribution in [2.24, 2.45) is 0 Å². The van der Waals surface area contributed by atoms with Gasteiger partial charge in [-0.3, -0.25) is 9.97 Å². The van der Waals surface area contributed by atoms with Gasteiger partial charge in [0, 0.05) is 44.9 Å². The Kier molecular flexibility index (Phi) is 10.6. The Balaban J connectivity index is 0.000000184. The van der Waals surface area contributed by atoms with Crippen LogP contribution in [0.25, 0.3) is 33.0 Å². The quantitative estimate of drug-likeness (QED) is 0.295. The molecule has 2 nitrogen and oxygen atoms in total. The molecular formula is C36H28Cl2N2P2Zr. The standard InChI is InChI=1S/2C18H14NP.2ClH.Zr/c2*1-11-9-15(16-10-12(2)20-18(11)16)14-7-3-5-13-6-4-8-19-17(13)14;;;/h2*3-10H,1-2H3;2*1H;/q;;;;+2/p-2. The number of pyridine rings is 2. The molecule has 0 saturated carbocycles. The molecule has 0 fully saturated rings. The molecule has 4 aromatic rings. The molecule has 2 aliphatic carbocycles. The van der Waals surface area contributed by atoms with Gasteiger partial charge in [0.15, 0.2) is 0 Å². The summed E-state index contributed by atoms with van der Waals surface area (Å²) in [7, 11) is 2.71. The number of halogens is 2. The normalized spacial score (nSPS) is 16.7. The van der Waals surface area contributed by atoms with E-state index in [1.807, 2.05) is 24.5 Å². The van der Waals surface area contributed by atoms with E-state index in [-0.39, 0.29) is 51.0 Å². The van der Waals surface area contributed by atoms with E-state index in [4.69, 9.17) is 0 Å². The molecule has 43 heavy (non-hydrogen) atoms. The van der Waals surface area contributed by atoms with Gasteiger partial charge in [-0.15, -0.1) is 0 Å². The van der Waals surface area contributed by atoms with Crippen molar-refractivity contribution in [3.8, 4) is 0 Å². The zero-order valence-corrected chi connectivity index (χ0v) is 30.0.